The van der Waals surface area contributed by atoms with E-state index in [0.29, 0.717) is 56.0 Å². The SMILES string of the molecule is Cc1ccc(NC(=O)C2CC=CCC2C(=O)N2CCOCC2)c(C(=O)c2ccccc2)c1. The summed E-state index contributed by atoms with van der Waals surface area (Å²) in [5.74, 6) is -1.25. The summed E-state index contributed by atoms with van der Waals surface area (Å²) in [4.78, 5) is 41.4. The minimum atomic E-state index is -0.476. The summed E-state index contributed by atoms with van der Waals surface area (Å²) in [6.45, 7) is 4.08. The van der Waals surface area contributed by atoms with Gasteiger partial charge in [-0.05, 0) is 31.9 Å². The second-order valence-corrected chi connectivity index (χ2v) is 8.33. The standard InChI is InChI=1S/C26H28N2O4/c1-18-11-12-23(22(17-18)24(29)19-7-3-2-4-8-19)27-25(30)20-9-5-6-10-21(20)26(31)28-13-15-32-16-14-28/h2-8,11-12,17,20-21H,9-10,13-16H2,1H3,(H,27,30). The monoisotopic (exact) mass is 432 g/mol. The molecule has 1 aliphatic heterocycles. The molecule has 0 aromatic heterocycles. The Morgan fingerprint density at radius 1 is 0.938 bits per heavy atom. The van der Waals surface area contributed by atoms with Gasteiger partial charge in [-0.2, -0.15) is 0 Å². The number of aryl methyl sites for hydroxylation is 1. The topological polar surface area (TPSA) is 75.7 Å². The van der Waals surface area contributed by atoms with Crippen molar-refractivity contribution in [3.05, 3.63) is 77.4 Å². The first-order chi connectivity index (χ1) is 15.5. The van der Waals surface area contributed by atoms with E-state index in [4.69, 9.17) is 4.74 Å². The van der Waals surface area contributed by atoms with Gasteiger partial charge in [0.05, 0.1) is 30.7 Å². The molecule has 32 heavy (non-hydrogen) atoms. The summed E-state index contributed by atoms with van der Waals surface area (Å²) >= 11 is 0. The number of ether oxygens (including phenoxy) is 1. The Kier molecular flexibility index (Phi) is 6.81. The van der Waals surface area contributed by atoms with Crippen LogP contribution in [0, 0.1) is 18.8 Å². The molecular weight excluding hydrogens is 404 g/mol. The molecule has 1 heterocycles. The van der Waals surface area contributed by atoms with Crippen molar-refractivity contribution in [2.45, 2.75) is 19.8 Å². The molecule has 2 amide bonds. The van der Waals surface area contributed by atoms with Crippen LogP contribution in [-0.4, -0.2) is 48.8 Å². The van der Waals surface area contributed by atoms with Gasteiger partial charge in [-0.25, -0.2) is 0 Å². The van der Waals surface area contributed by atoms with E-state index in [1.807, 2.05) is 43.3 Å². The lowest BCUT2D eigenvalue weighted by molar-refractivity contribution is -0.144. The number of hydrogen-bond donors (Lipinski definition) is 1. The van der Waals surface area contributed by atoms with E-state index in [1.165, 1.54) is 0 Å². The van der Waals surface area contributed by atoms with Gasteiger partial charge in [0.2, 0.25) is 11.8 Å². The Labute approximate surface area is 188 Å². The maximum absolute atomic E-state index is 13.3. The first kappa shape index (κ1) is 22.0. The van der Waals surface area contributed by atoms with Crippen LogP contribution in [0.2, 0.25) is 0 Å². The zero-order valence-electron chi connectivity index (χ0n) is 18.3. The van der Waals surface area contributed by atoms with Crippen LogP contribution in [0.4, 0.5) is 5.69 Å². The number of nitrogens with zero attached hydrogens (tertiary/aromatic N) is 1. The molecule has 1 saturated heterocycles. The van der Waals surface area contributed by atoms with E-state index in [9.17, 15) is 14.4 Å². The summed E-state index contributed by atoms with van der Waals surface area (Å²) < 4.78 is 5.35. The third-order valence-corrected chi connectivity index (χ3v) is 6.12. The molecule has 6 nitrogen and oxygen atoms in total. The Morgan fingerprint density at radius 3 is 2.34 bits per heavy atom. The van der Waals surface area contributed by atoms with Crippen molar-refractivity contribution >= 4 is 23.3 Å². The first-order valence-corrected chi connectivity index (χ1v) is 11.1. The molecule has 0 radical (unpaired) electrons. The normalized spacial score (nSPS) is 20.6. The highest BCUT2D eigenvalue weighted by molar-refractivity contribution is 6.14. The van der Waals surface area contributed by atoms with Crippen molar-refractivity contribution in [2.24, 2.45) is 11.8 Å². The fourth-order valence-electron chi connectivity index (χ4n) is 4.32. The van der Waals surface area contributed by atoms with E-state index in [2.05, 4.69) is 5.32 Å². The van der Waals surface area contributed by atoms with E-state index < -0.39 is 11.8 Å². The molecular formula is C26H28N2O4. The fourth-order valence-corrected chi connectivity index (χ4v) is 4.32. The maximum Gasteiger partial charge on any atom is 0.228 e. The van der Waals surface area contributed by atoms with Crippen molar-refractivity contribution in [3.8, 4) is 0 Å². The van der Waals surface area contributed by atoms with Crippen LogP contribution >= 0.6 is 0 Å². The molecule has 1 fully saturated rings. The molecule has 2 aromatic rings. The molecule has 0 spiro atoms. The molecule has 0 bridgehead atoms. The van der Waals surface area contributed by atoms with Gasteiger partial charge in [0, 0.05) is 24.2 Å². The van der Waals surface area contributed by atoms with Gasteiger partial charge >= 0.3 is 0 Å². The summed E-state index contributed by atoms with van der Waals surface area (Å²) in [5, 5.41) is 2.96. The largest absolute Gasteiger partial charge is 0.378 e. The Morgan fingerprint density at radius 2 is 1.62 bits per heavy atom. The van der Waals surface area contributed by atoms with Gasteiger partial charge in [-0.3, -0.25) is 14.4 Å². The van der Waals surface area contributed by atoms with Crippen LogP contribution in [0.15, 0.2) is 60.7 Å². The summed E-state index contributed by atoms with van der Waals surface area (Å²) in [6.07, 6.45) is 4.97. The number of hydrogen-bond acceptors (Lipinski definition) is 4. The molecule has 166 valence electrons. The second-order valence-electron chi connectivity index (χ2n) is 8.33. The third-order valence-electron chi connectivity index (χ3n) is 6.12. The van der Waals surface area contributed by atoms with E-state index in [0.717, 1.165) is 5.56 Å². The smallest absolute Gasteiger partial charge is 0.228 e. The number of benzene rings is 2. The molecule has 0 saturated carbocycles. The van der Waals surface area contributed by atoms with Crippen LogP contribution in [0.25, 0.3) is 0 Å². The second kappa shape index (κ2) is 9.92. The van der Waals surface area contributed by atoms with Gasteiger partial charge < -0.3 is 15.0 Å². The molecule has 2 aliphatic rings. The number of anilines is 1. The van der Waals surface area contributed by atoms with Crippen molar-refractivity contribution in [1.29, 1.82) is 0 Å². The maximum atomic E-state index is 13.3. The first-order valence-electron chi connectivity index (χ1n) is 11.1. The number of ketones is 1. The lowest BCUT2D eigenvalue weighted by Crippen LogP contribution is -2.47. The molecule has 2 aromatic carbocycles. The Hall–Kier alpha value is -3.25. The highest BCUT2D eigenvalue weighted by Gasteiger charge is 2.37. The number of nitrogens with one attached hydrogen (secondary N) is 1. The minimum absolute atomic E-state index is 0.00212. The van der Waals surface area contributed by atoms with Crippen molar-refractivity contribution in [1.82, 2.24) is 4.90 Å². The molecule has 2 unspecified atom stereocenters. The van der Waals surface area contributed by atoms with Gasteiger partial charge in [-0.1, -0.05) is 54.1 Å². The van der Waals surface area contributed by atoms with Crippen LogP contribution in [0.1, 0.15) is 34.3 Å². The number of rotatable bonds is 5. The number of carbonyl (C=O) groups is 3. The van der Waals surface area contributed by atoms with E-state index in [1.54, 1.807) is 29.2 Å². The average molecular weight is 433 g/mol. The van der Waals surface area contributed by atoms with Crippen LogP contribution in [0.3, 0.4) is 0 Å². The average Bonchev–Trinajstić information content (AvgIpc) is 2.85. The van der Waals surface area contributed by atoms with Crippen molar-refractivity contribution in [2.75, 3.05) is 31.6 Å². The summed E-state index contributed by atoms with van der Waals surface area (Å²) in [6, 6.07) is 14.4. The van der Waals surface area contributed by atoms with Crippen molar-refractivity contribution in [3.63, 3.8) is 0 Å². The Balaban J connectivity index is 1.55. The lowest BCUT2D eigenvalue weighted by Gasteiger charge is -2.34. The van der Waals surface area contributed by atoms with Gasteiger partial charge in [0.1, 0.15) is 0 Å². The predicted octanol–water partition coefficient (Wildman–Crippen LogP) is 3.61. The van der Waals surface area contributed by atoms with Gasteiger partial charge in [-0.15, -0.1) is 0 Å². The zero-order valence-corrected chi connectivity index (χ0v) is 18.3. The molecule has 4 rings (SSSR count). The molecule has 1 aliphatic carbocycles. The van der Waals surface area contributed by atoms with E-state index in [-0.39, 0.29) is 17.6 Å². The highest BCUT2D eigenvalue weighted by Crippen LogP contribution is 2.30. The molecule has 1 N–H and O–H groups in total. The predicted molar refractivity (Wildman–Crippen MR) is 122 cm³/mol. The summed E-state index contributed by atoms with van der Waals surface area (Å²) in [7, 11) is 0. The fraction of sp³-hybridized carbons (Fsp3) is 0.346. The molecule has 2 atom stereocenters. The minimum Gasteiger partial charge on any atom is -0.378 e. The van der Waals surface area contributed by atoms with Crippen molar-refractivity contribution < 1.29 is 19.1 Å². The number of amides is 2. The summed E-state index contributed by atoms with van der Waals surface area (Å²) in [5.41, 5.74) is 2.42. The van der Waals surface area contributed by atoms with Crippen LogP contribution in [0.5, 0.6) is 0 Å². The number of allylic oxidation sites excluding steroid dienone is 2. The zero-order chi connectivity index (χ0) is 22.5. The quantitative estimate of drug-likeness (QED) is 0.579. The number of morpholine rings is 1. The van der Waals surface area contributed by atoms with Crippen LogP contribution < -0.4 is 5.32 Å². The third kappa shape index (κ3) is 4.81. The van der Waals surface area contributed by atoms with Gasteiger partial charge in [0.15, 0.2) is 5.78 Å². The van der Waals surface area contributed by atoms with E-state index >= 15 is 0 Å². The van der Waals surface area contributed by atoms with Crippen LogP contribution in [-0.2, 0) is 14.3 Å². The van der Waals surface area contributed by atoms with Gasteiger partial charge in [0.25, 0.3) is 0 Å². The molecule has 6 heteroatoms. The highest BCUT2D eigenvalue weighted by atomic mass is 16.5. The Bertz CT molecular complexity index is 1030. The number of carbonyl (C=O) groups excluding carboxylic acids is 3. The lowest BCUT2D eigenvalue weighted by atomic mass is 9.81.